The Morgan fingerprint density at radius 1 is 1.26 bits per heavy atom. The van der Waals surface area contributed by atoms with Crippen molar-refractivity contribution in [3.8, 4) is 0 Å². The van der Waals surface area contributed by atoms with Crippen LogP contribution in [-0.2, 0) is 19.4 Å². The molecule has 0 bridgehead atoms. The molecule has 0 atom stereocenters. The Bertz CT molecular complexity index is 366. The molecule has 108 valence electrons. The molecule has 2 rings (SSSR count). The van der Waals surface area contributed by atoms with E-state index in [-0.39, 0.29) is 0 Å². The first-order valence-corrected chi connectivity index (χ1v) is 8.65. The highest BCUT2D eigenvalue weighted by atomic mass is 32.2. The molecule has 1 aromatic rings. The van der Waals surface area contributed by atoms with Crippen molar-refractivity contribution in [3.63, 3.8) is 0 Å². The average Bonchev–Trinajstić information content (AvgIpc) is 2.49. The van der Waals surface area contributed by atoms with Crippen LogP contribution in [0.2, 0.25) is 0 Å². The van der Waals surface area contributed by atoms with Gasteiger partial charge in [-0.3, -0.25) is 9.62 Å². The highest BCUT2D eigenvalue weighted by molar-refractivity contribution is 7.96. The predicted molar refractivity (Wildman–Crippen MR) is 87.7 cm³/mol. The molecule has 0 fully saturated rings. The minimum Gasteiger partial charge on any atom is -0.297 e. The number of aryl methyl sites for hydroxylation is 1. The summed E-state index contributed by atoms with van der Waals surface area (Å²) in [5.41, 5.74) is 4.56. The summed E-state index contributed by atoms with van der Waals surface area (Å²) >= 11 is 1.71. The van der Waals surface area contributed by atoms with Crippen LogP contribution in [-0.4, -0.2) is 30.8 Å². The fourth-order valence-corrected chi connectivity index (χ4v) is 2.68. The smallest absolute Gasteiger partial charge is 0.0237 e. The van der Waals surface area contributed by atoms with Gasteiger partial charge in [0, 0.05) is 26.2 Å². The van der Waals surface area contributed by atoms with Crippen molar-refractivity contribution in [1.82, 2.24) is 9.62 Å². The molecule has 19 heavy (non-hydrogen) atoms. The molecule has 1 aromatic carbocycles. The molecule has 2 nitrogen and oxygen atoms in total. The van der Waals surface area contributed by atoms with E-state index in [1.165, 1.54) is 18.5 Å². The van der Waals surface area contributed by atoms with Crippen LogP contribution in [0.15, 0.2) is 18.2 Å². The summed E-state index contributed by atoms with van der Waals surface area (Å²) in [7, 11) is 0. The van der Waals surface area contributed by atoms with Gasteiger partial charge in [0.15, 0.2) is 0 Å². The van der Waals surface area contributed by atoms with Gasteiger partial charge in [-0.15, -0.1) is 0 Å². The molecule has 0 aliphatic carbocycles. The van der Waals surface area contributed by atoms with Crippen LogP contribution >= 0.6 is 11.9 Å². The quantitative estimate of drug-likeness (QED) is 0.656. The molecule has 0 unspecified atom stereocenters. The Morgan fingerprint density at radius 2 is 2.05 bits per heavy atom. The normalized spacial score (nSPS) is 14.5. The Balaban J connectivity index is 0.000000861. The van der Waals surface area contributed by atoms with Crippen LogP contribution in [0.25, 0.3) is 0 Å². The van der Waals surface area contributed by atoms with Crippen LogP contribution in [0.3, 0.4) is 0 Å². The lowest BCUT2D eigenvalue weighted by atomic mass is 9.96. The van der Waals surface area contributed by atoms with Crippen LogP contribution in [0.4, 0.5) is 0 Å². The highest BCUT2D eigenvalue weighted by Crippen LogP contribution is 2.20. The lowest BCUT2D eigenvalue weighted by molar-refractivity contribution is 0.259. The van der Waals surface area contributed by atoms with E-state index in [0.717, 1.165) is 26.1 Å². The summed E-state index contributed by atoms with van der Waals surface area (Å²) in [6.45, 7) is 10.8. The van der Waals surface area contributed by atoms with Gasteiger partial charge in [0.05, 0.1) is 0 Å². The van der Waals surface area contributed by atoms with Gasteiger partial charge in [-0.2, -0.15) is 0 Å². The zero-order valence-electron chi connectivity index (χ0n) is 12.8. The molecule has 0 saturated heterocycles. The Hall–Kier alpha value is -0.510. The number of benzene rings is 1. The molecule has 0 amide bonds. The molecule has 3 heteroatoms. The monoisotopic (exact) mass is 280 g/mol. The lowest BCUT2D eigenvalue weighted by Gasteiger charge is -2.29. The van der Waals surface area contributed by atoms with E-state index in [2.05, 4.69) is 41.0 Å². The second-order valence-corrected chi connectivity index (χ2v) is 5.28. The summed E-state index contributed by atoms with van der Waals surface area (Å²) in [5, 5.41) is 0. The summed E-state index contributed by atoms with van der Waals surface area (Å²) < 4.78 is 3.32. The molecule has 1 aliphatic heterocycles. The topological polar surface area (TPSA) is 15.3 Å². The van der Waals surface area contributed by atoms with Gasteiger partial charge in [-0.1, -0.05) is 50.9 Å². The van der Waals surface area contributed by atoms with Crippen LogP contribution in [0.1, 0.15) is 37.5 Å². The third kappa shape index (κ3) is 5.17. The van der Waals surface area contributed by atoms with E-state index in [1.54, 1.807) is 23.1 Å². The summed E-state index contributed by atoms with van der Waals surface area (Å²) in [6.07, 6.45) is 4.43. The van der Waals surface area contributed by atoms with Crippen molar-refractivity contribution in [3.05, 3.63) is 34.9 Å². The first-order chi connectivity index (χ1) is 9.33. The minimum atomic E-state index is 1.07. The molecule has 0 saturated carbocycles. The molecule has 0 spiro atoms. The number of hydrogen-bond donors (Lipinski definition) is 1. The number of fused-ring (bicyclic) bond motifs is 1. The van der Waals surface area contributed by atoms with E-state index in [0.29, 0.717) is 0 Å². The van der Waals surface area contributed by atoms with Crippen LogP contribution in [0.5, 0.6) is 0 Å². The molecule has 1 heterocycles. The maximum absolute atomic E-state index is 3.32. The third-order valence-electron chi connectivity index (χ3n) is 3.44. The van der Waals surface area contributed by atoms with Crippen molar-refractivity contribution in [2.24, 2.45) is 0 Å². The first kappa shape index (κ1) is 16.5. The van der Waals surface area contributed by atoms with E-state index >= 15 is 0 Å². The van der Waals surface area contributed by atoms with Gasteiger partial charge in [-0.05, 0) is 35.8 Å². The first-order valence-electron chi connectivity index (χ1n) is 7.42. The van der Waals surface area contributed by atoms with Gasteiger partial charge in [-0.25, -0.2) is 0 Å². The highest BCUT2D eigenvalue weighted by Gasteiger charge is 2.15. The van der Waals surface area contributed by atoms with Gasteiger partial charge in [0.1, 0.15) is 0 Å². The van der Waals surface area contributed by atoms with Gasteiger partial charge < -0.3 is 0 Å². The Morgan fingerprint density at radius 3 is 2.74 bits per heavy atom. The molecular weight excluding hydrogens is 252 g/mol. The van der Waals surface area contributed by atoms with Gasteiger partial charge in [0.25, 0.3) is 0 Å². The fraction of sp³-hybridized carbons (Fsp3) is 0.625. The Labute approximate surface area is 123 Å². The van der Waals surface area contributed by atoms with Crippen molar-refractivity contribution in [2.75, 3.05) is 25.9 Å². The fourth-order valence-electron chi connectivity index (χ4n) is 2.39. The van der Waals surface area contributed by atoms with E-state index in [9.17, 15) is 0 Å². The van der Waals surface area contributed by atoms with E-state index < -0.39 is 0 Å². The predicted octanol–water partition coefficient (Wildman–Crippen LogP) is 3.50. The van der Waals surface area contributed by atoms with E-state index in [1.807, 2.05) is 13.8 Å². The van der Waals surface area contributed by atoms with Crippen molar-refractivity contribution in [1.29, 1.82) is 0 Å². The molecular formula is C16H28N2S. The maximum atomic E-state index is 3.32. The second kappa shape index (κ2) is 9.40. The lowest BCUT2D eigenvalue weighted by Crippen LogP contribution is -2.34. The summed E-state index contributed by atoms with van der Waals surface area (Å²) in [4.78, 5) is 2.55. The van der Waals surface area contributed by atoms with Crippen molar-refractivity contribution < 1.29 is 0 Å². The zero-order valence-corrected chi connectivity index (χ0v) is 13.6. The number of hydrogen-bond acceptors (Lipinski definition) is 3. The molecule has 1 N–H and O–H groups in total. The Kier molecular flexibility index (Phi) is 8.19. The van der Waals surface area contributed by atoms with Crippen molar-refractivity contribution >= 4 is 11.9 Å². The van der Waals surface area contributed by atoms with E-state index in [4.69, 9.17) is 0 Å². The van der Waals surface area contributed by atoms with Gasteiger partial charge >= 0.3 is 0 Å². The third-order valence-corrected chi connectivity index (χ3v) is 3.94. The van der Waals surface area contributed by atoms with Crippen LogP contribution in [0, 0.1) is 0 Å². The molecule has 0 radical (unpaired) electrons. The minimum absolute atomic E-state index is 1.07. The SMILES string of the molecule is CC.CCc1ccc2c(c1)CN(CCNSC)CC2. The molecule has 1 aliphatic rings. The van der Waals surface area contributed by atoms with Crippen LogP contribution < -0.4 is 4.72 Å². The number of rotatable bonds is 5. The largest absolute Gasteiger partial charge is 0.297 e. The zero-order chi connectivity index (χ0) is 14.1. The number of nitrogens with zero attached hydrogens (tertiary/aromatic N) is 1. The van der Waals surface area contributed by atoms with Crippen molar-refractivity contribution in [2.45, 2.75) is 40.2 Å². The summed E-state index contributed by atoms with van der Waals surface area (Å²) in [5.74, 6) is 0. The standard InChI is InChI=1S/C14H22N2S.C2H6/c1-3-12-4-5-13-6-8-16(9-7-15-17-2)11-14(13)10-12;1-2/h4-5,10,15H,3,6-9,11H2,1-2H3;1-2H3. The maximum Gasteiger partial charge on any atom is 0.0237 e. The number of nitrogens with one attached hydrogen (secondary N) is 1. The second-order valence-electron chi connectivity index (χ2n) is 4.58. The average molecular weight is 280 g/mol. The molecule has 0 aromatic heterocycles. The van der Waals surface area contributed by atoms with Gasteiger partial charge in [0.2, 0.25) is 0 Å². The summed E-state index contributed by atoms with van der Waals surface area (Å²) in [6, 6.07) is 7.00.